The summed E-state index contributed by atoms with van der Waals surface area (Å²) in [5.74, 6) is 6.28. The molecule has 5 nitrogen and oxygen atoms in total. The number of para-hydroxylation sites is 1. The lowest BCUT2D eigenvalue weighted by Gasteiger charge is -2.13. The molecule has 0 radical (unpaired) electrons. The Morgan fingerprint density at radius 1 is 1.07 bits per heavy atom. The first-order valence-electron chi connectivity index (χ1n) is 9.21. The van der Waals surface area contributed by atoms with E-state index in [0.29, 0.717) is 25.0 Å². The molecule has 0 aliphatic heterocycles. The van der Waals surface area contributed by atoms with Crippen molar-refractivity contribution in [1.82, 2.24) is 0 Å². The Bertz CT molecular complexity index is 710. The van der Waals surface area contributed by atoms with E-state index in [1.54, 1.807) is 30.4 Å². The lowest BCUT2D eigenvalue weighted by molar-refractivity contribution is -0.117. The van der Waals surface area contributed by atoms with Gasteiger partial charge in [0.2, 0.25) is 0 Å². The second kappa shape index (κ2) is 14.4. The maximum absolute atomic E-state index is 10.8. The van der Waals surface area contributed by atoms with Gasteiger partial charge in [-0.3, -0.25) is 0 Å². The summed E-state index contributed by atoms with van der Waals surface area (Å²) < 4.78 is 5.42. The zero-order valence-corrected chi connectivity index (χ0v) is 16.1. The number of ether oxygens (including phenoxy) is 1. The van der Waals surface area contributed by atoms with Crippen molar-refractivity contribution >= 4 is 5.78 Å². The molecular formula is C23H28O5. The van der Waals surface area contributed by atoms with Crippen LogP contribution in [0.15, 0.2) is 66.8 Å². The first-order chi connectivity index (χ1) is 13.5. The molecule has 0 amide bonds. The van der Waals surface area contributed by atoms with E-state index < -0.39 is 18.3 Å². The van der Waals surface area contributed by atoms with Crippen LogP contribution in [0.25, 0.3) is 0 Å². The van der Waals surface area contributed by atoms with Crippen LogP contribution in [0.1, 0.15) is 26.2 Å². The minimum Gasteiger partial charge on any atom is -0.491 e. The lowest BCUT2D eigenvalue weighted by atomic mass is 10.1. The Hall–Kier alpha value is -2.65. The average molecular weight is 384 g/mol. The van der Waals surface area contributed by atoms with E-state index in [-0.39, 0.29) is 12.4 Å². The van der Waals surface area contributed by atoms with E-state index in [9.17, 15) is 20.1 Å². The zero-order valence-electron chi connectivity index (χ0n) is 16.1. The summed E-state index contributed by atoms with van der Waals surface area (Å²) in [6, 6.07) is 9.24. The van der Waals surface area contributed by atoms with Gasteiger partial charge in [0, 0.05) is 6.42 Å². The smallest absolute Gasteiger partial charge is 0.129 e. The molecule has 3 N–H and O–H groups in total. The molecule has 0 aromatic heterocycles. The largest absolute Gasteiger partial charge is 0.491 e. The van der Waals surface area contributed by atoms with Crippen LogP contribution in [-0.4, -0.2) is 46.0 Å². The Kier molecular flexibility index (Phi) is 12.0. The van der Waals surface area contributed by atoms with Gasteiger partial charge in [-0.2, -0.15) is 0 Å². The number of ketones is 1. The van der Waals surface area contributed by atoms with Gasteiger partial charge in [-0.1, -0.05) is 48.3 Å². The van der Waals surface area contributed by atoms with Crippen LogP contribution in [0.3, 0.4) is 0 Å². The minimum absolute atomic E-state index is 0.0732. The van der Waals surface area contributed by atoms with E-state index in [1.807, 2.05) is 30.3 Å². The fourth-order valence-corrected chi connectivity index (χ4v) is 2.15. The number of Topliss-reactive ketones (excluding diaryl/α,β-unsaturated/α-hetero) is 1. The number of allylic oxidation sites excluding steroid dienone is 4. The topological polar surface area (TPSA) is 87.0 Å². The summed E-state index contributed by atoms with van der Waals surface area (Å²) in [6.45, 7) is 1.65. The van der Waals surface area contributed by atoms with Gasteiger partial charge < -0.3 is 24.9 Å². The standard InChI is InChI=1S/C23H28O5/c1-19(24)12-11-17-23(27)22(26)16-10-5-3-2-4-7-13-20(25)18-28-21-14-8-6-9-15-21/h3,5-10,13-16,20,22-23,25-27H,11-12,17-18H2,1H3/b5-3+,13-7+,16-10+. The van der Waals surface area contributed by atoms with Crippen LogP contribution in [0.2, 0.25) is 0 Å². The van der Waals surface area contributed by atoms with Crippen molar-refractivity contribution in [2.75, 3.05) is 6.61 Å². The molecule has 0 saturated heterocycles. The monoisotopic (exact) mass is 384 g/mol. The molecule has 1 aromatic rings. The van der Waals surface area contributed by atoms with Gasteiger partial charge >= 0.3 is 0 Å². The van der Waals surface area contributed by atoms with E-state index in [4.69, 9.17) is 4.74 Å². The van der Waals surface area contributed by atoms with Gasteiger partial charge in [0.25, 0.3) is 0 Å². The SMILES string of the molecule is CC(=O)CCCC(O)C(O)/C=C/C=C/C#C/C=C/C(O)COc1ccccc1. The van der Waals surface area contributed by atoms with Crippen molar-refractivity contribution < 1.29 is 24.9 Å². The van der Waals surface area contributed by atoms with E-state index in [2.05, 4.69) is 11.8 Å². The molecule has 3 atom stereocenters. The first-order valence-corrected chi connectivity index (χ1v) is 9.21. The molecule has 0 fully saturated rings. The molecule has 150 valence electrons. The van der Waals surface area contributed by atoms with Gasteiger partial charge in [0.05, 0.1) is 12.2 Å². The zero-order chi connectivity index (χ0) is 20.6. The van der Waals surface area contributed by atoms with Crippen LogP contribution in [0.4, 0.5) is 0 Å². The number of carbonyl (C=O) groups excluding carboxylic acids is 1. The maximum Gasteiger partial charge on any atom is 0.129 e. The van der Waals surface area contributed by atoms with Crippen molar-refractivity contribution in [3.8, 4) is 17.6 Å². The number of carbonyl (C=O) groups is 1. The van der Waals surface area contributed by atoms with Crippen LogP contribution >= 0.6 is 0 Å². The predicted molar refractivity (Wildman–Crippen MR) is 110 cm³/mol. The van der Waals surface area contributed by atoms with Gasteiger partial charge in [0.15, 0.2) is 0 Å². The number of hydrogen-bond donors (Lipinski definition) is 3. The summed E-state index contributed by atoms with van der Waals surface area (Å²) in [4.78, 5) is 10.8. The van der Waals surface area contributed by atoms with Crippen LogP contribution in [0.5, 0.6) is 5.75 Å². The molecule has 0 bridgehead atoms. The molecule has 1 aromatic carbocycles. The van der Waals surface area contributed by atoms with Crippen molar-refractivity contribution in [3.05, 3.63) is 66.8 Å². The fraction of sp³-hybridized carbons (Fsp3) is 0.348. The molecule has 0 aliphatic rings. The van der Waals surface area contributed by atoms with Gasteiger partial charge in [-0.15, -0.1) is 0 Å². The van der Waals surface area contributed by atoms with E-state index >= 15 is 0 Å². The molecule has 5 heteroatoms. The fourth-order valence-electron chi connectivity index (χ4n) is 2.15. The Morgan fingerprint density at radius 2 is 1.79 bits per heavy atom. The summed E-state index contributed by atoms with van der Waals surface area (Å²) in [5, 5.41) is 29.3. The number of aliphatic hydroxyl groups excluding tert-OH is 3. The van der Waals surface area contributed by atoms with Gasteiger partial charge in [-0.25, -0.2) is 0 Å². The third-order valence-electron chi connectivity index (χ3n) is 3.67. The summed E-state index contributed by atoms with van der Waals surface area (Å²) in [7, 11) is 0. The summed E-state index contributed by atoms with van der Waals surface area (Å²) in [6.07, 6.45) is 8.08. The Labute approximate surface area is 166 Å². The second-order valence-corrected chi connectivity index (χ2v) is 6.24. The van der Waals surface area contributed by atoms with Gasteiger partial charge in [-0.05, 0) is 50.1 Å². The number of rotatable bonds is 11. The predicted octanol–water partition coefficient (Wildman–Crippen LogP) is 2.58. The highest BCUT2D eigenvalue weighted by atomic mass is 16.5. The minimum atomic E-state index is -0.982. The summed E-state index contributed by atoms with van der Waals surface area (Å²) >= 11 is 0. The average Bonchev–Trinajstić information content (AvgIpc) is 2.68. The number of benzene rings is 1. The normalized spacial score (nSPS) is 14.7. The van der Waals surface area contributed by atoms with Gasteiger partial charge in [0.1, 0.15) is 24.2 Å². The Balaban J connectivity index is 2.25. The quantitative estimate of drug-likeness (QED) is 0.403. The van der Waals surface area contributed by atoms with Crippen molar-refractivity contribution in [1.29, 1.82) is 0 Å². The molecule has 3 unspecified atom stereocenters. The molecule has 0 heterocycles. The molecule has 0 spiro atoms. The third-order valence-corrected chi connectivity index (χ3v) is 3.67. The van der Waals surface area contributed by atoms with Crippen LogP contribution in [-0.2, 0) is 4.79 Å². The number of hydrogen-bond acceptors (Lipinski definition) is 5. The molecule has 0 saturated carbocycles. The van der Waals surface area contributed by atoms with Crippen LogP contribution < -0.4 is 4.74 Å². The highest BCUT2D eigenvalue weighted by Gasteiger charge is 2.12. The lowest BCUT2D eigenvalue weighted by Crippen LogP contribution is -2.23. The third kappa shape index (κ3) is 11.9. The first kappa shape index (κ1) is 23.4. The maximum atomic E-state index is 10.8. The van der Waals surface area contributed by atoms with Crippen molar-refractivity contribution in [3.63, 3.8) is 0 Å². The van der Waals surface area contributed by atoms with Crippen molar-refractivity contribution in [2.45, 2.75) is 44.5 Å². The van der Waals surface area contributed by atoms with Crippen molar-refractivity contribution in [2.24, 2.45) is 0 Å². The Morgan fingerprint density at radius 3 is 2.50 bits per heavy atom. The van der Waals surface area contributed by atoms with E-state index in [1.165, 1.54) is 13.0 Å². The second-order valence-electron chi connectivity index (χ2n) is 6.24. The molecule has 28 heavy (non-hydrogen) atoms. The molecule has 0 aliphatic carbocycles. The summed E-state index contributed by atoms with van der Waals surface area (Å²) in [5.41, 5.74) is 0. The molecule has 1 rings (SSSR count). The van der Waals surface area contributed by atoms with E-state index in [0.717, 1.165) is 0 Å². The van der Waals surface area contributed by atoms with Crippen LogP contribution in [0, 0.1) is 11.8 Å². The number of aliphatic hydroxyl groups is 3. The highest BCUT2D eigenvalue weighted by molar-refractivity contribution is 5.75. The highest BCUT2D eigenvalue weighted by Crippen LogP contribution is 2.08. The molecular weight excluding hydrogens is 356 g/mol.